The Hall–Kier alpha value is -3.17. The van der Waals surface area contributed by atoms with E-state index in [2.05, 4.69) is 40.1 Å². The number of rotatable bonds is 9. The first-order valence-electron chi connectivity index (χ1n) is 13.6. The number of aromatic nitrogens is 3. The minimum Gasteiger partial charge on any atom is -0.473 e. The van der Waals surface area contributed by atoms with Gasteiger partial charge in [-0.25, -0.2) is 14.4 Å². The Morgan fingerprint density at radius 1 is 1.18 bits per heavy atom. The summed E-state index contributed by atoms with van der Waals surface area (Å²) in [5.74, 6) is 1.57. The number of ether oxygens (including phenoxy) is 2. The normalized spacial score (nSPS) is 19.1. The molecule has 1 atom stereocenters. The number of fused-ring (bicyclic) bond motifs is 1. The average Bonchev–Trinajstić information content (AvgIpc) is 2.87. The minimum atomic E-state index is -0.353. The standard InChI is InChI=1S/C29H37FN6O2/c1-19(2)33-28(32-16-23-9-12-37-23)17-36-10-7-21(8-11-36)25-5-4-6-29(35-25)38-18-22-13-27-26(14-24(22)30)31-15-20(3)34-27/h4-6,13-15,19,21,23H,7-12,16-18H2,1-3H3,(H,32,33)/t23-/m0/s1. The predicted molar refractivity (Wildman–Crippen MR) is 146 cm³/mol. The lowest BCUT2D eigenvalue weighted by atomic mass is 9.93. The van der Waals surface area contributed by atoms with Crippen molar-refractivity contribution in [2.24, 2.45) is 4.99 Å². The first-order valence-corrected chi connectivity index (χ1v) is 13.6. The van der Waals surface area contributed by atoms with E-state index in [0.717, 1.165) is 69.3 Å². The number of benzene rings is 1. The topological polar surface area (TPSA) is 84.8 Å². The van der Waals surface area contributed by atoms with Crippen LogP contribution in [0.2, 0.25) is 0 Å². The molecule has 1 aromatic carbocycles. The Balaban J connectivity index is 1.16. The first kappa shape index (κ1) is 26.4. The highest BCUT2D eigenvalue weighted by molar-refractivity contribution is 5.84. The fourth-order valence-electron chi connectivity index (χ4n) is 4.88. The van der Waals surface area contributed by atoms with Crippen LogP contribution in [0.5, 0.6) is 5.88 Å². The summed E-state index contributed by atoms with van der Waals surface area (Å²) in [5.41, 5.74) is 3.45. The summed E-state index contributed by atoms with van der Waals surface area (Å²) in [6.07, 6.45) is 5.06. The van der Waals surface area contributed by atoms with Crippen LogP contribution in [0.25, 0.3) is 11.0 Å². The van der Waals surface area contributed by atoms with Gasteiger partial charge in [-0.05, 0) is 65.3 Å². The molecule has 0 unspecified atom stereocenters. The van der Waals surface area contributed by atoms with E-state index < -0.39 is 0 Å². The fourth-order valence-corrected chi connectivity index (χ4v) is 4.88. The van der Waals surface area contributed by atoms with Crippen molar-refractivity contribution in [1.82, 2.24) is 25.2 Å². The van der Waals surface area contributed by atoms with E-state index in [4.69, 9.17) is 19.5 Å². The highest BCUT2D eigenvalue weighted by Gasteiger charge is 2.24. The average molecular weight is 521 g/mol. The van der Waals surface area contributed by atoms with Crippen LogP contribution in [-0.2, 0) is 11.3 Å². The fraction of sp³-hybridized carbons (Fsp3) is 0.517. The van der Waals surface area contributed by atoms with Crippen molar-refractivity contribution in [3.8, 4) is 5.88 Å². The van der Waals surface area contributed by atoms with Crippen LogP contribution in [0.3, 0.4) is 0 Å². The van der Waals surface area contributed by atoms with Gasteiger partial charge in [-0.1, -0.05) is 6.07 Å². The number of nitrogens with one attached hydrogen (secondary N) is 1. The van der Waals surface area contributed by atoms with Gasteiger partial charge in [0.1, 0.15) is 18.3 Å². The molecule has 2 aromatic heterocycles. The van der Waals surface area contributed by atoms with E-state index in [0.29, 0.717) is 34.4 Å². The number of aliphatic imine (C=N–C) groups is 1. The van der Waals surface area contributed by atoms with Gasteiger partial charge >= 0.3 is 0 Å². The number of piperidine rings is 1. The molecule has 2 fully saturated rings. The molecule has 0 saturated carbocycles. The van der Waals surface area contributed by atoms with Gasteiger partial charge in [0.2, 0.25) is 5.88 Å². The lowest BCUT2D eigenvalue weighted by Gasteiger charge is -2.32. The molecule has 0 amide bonds. The first-order chi connectivity index (χ1) is 18.4. The van der Waals surface area contributed by atoms with Gasteiger partial charge < -0.3 is 14.8 Å². The minimum absolute atomic E-state index is 0.0865. The largest absolute Gasteiger partial charge is 0.473 e. The second-order valence-electron chi connectivity index (χ2n) is 10.6. The number of hydrogen-bond donors (Lipinski definition) is 1. The van der Waals surface area contributed by atoms with Crippen LogP contribution in [0.15, 0.2) is 41.5 Å². The van der Waals surface area contributed by atoms with Crippen LogP contribution in [0.1, 0.15) is 56.0 Å². The van der Waals surface area contributed by atoms with Gasteiger partial charge in [0.15, 0.2) is 0 Å². The number of amidine groups is 1. The summed E-state index contributed by atoms with van der Waals surface area (Å²) in [6, 6.07) is 9.32. The maximum atomic E-state index is 14.6. The molecule has 2 saturated heterocycles. The summed E-state index contributed by atoms with van der Waals surface area (Å²) in [6.45, 7) is 10.6. The zero-order valence-electron chi connectivity index (χ0n) is 22.5. The van der Waals surface area contributed by atoms with Gasteiger partial charge in [-0.3, -0.25) is 14.9 Å². The monoisotopic (exact) mass is 520 g/mol. The molecule has 9 heteroatoms. The van der Waals surface area contributed by atoms with Crippen molar-refractivity contribution in [2.45, 2.75) is 64.7 Å². The van der Waals surface area contributed by atoms with E-state index >= 15 is 0 Å². The molecule has 3 aromatic rings. The zero-order chi connectivity index (χ0) is 26.5. The van der Waals surface area contributed by atoms with Gasteiger partial charge in [-0.15, -0.1) is 0 Å². The molecule has 5 rings (SSSR count). The molecule has 0 aliphatic carbocycles. The SMILES string of the molecule is Cc1cnc2cc(F)c(COc3cccc(C4CCN(CC(=NC[C@@H]5CCO5)NC(C)C)CC4)n3)cc2n1. The van der Waals surface area contributed by atoms with Gasteiger partial charge in [0.25, 0.3) is 0 Å². The molecule has 0 spiro atoms. The maximum absolute atomic E-state index is 14.6. The number of hydrogen-bond acceptors (Lipinski definition) is 7. The Labute approximate surface area is 223 Å². The van der Waals surface area contributed by atoms with Crippen LogP contribution < -0.4 is 10.1 Å². The van der Waals surface area contributed by atoms with Gasteiger partial charge in [0, 0.05) is 48.2 Å². The molecule has 0 bridgehead atoms. The van der Waals surface area contributed by atoms with Crippen molar-refractivity contribution >= 4 is 16.9 Å². The number of halogens is 1. The Morgan fingerprint density at radius 3 is 2.74 bits per heavy atom. The number of aryl methyl sites for hydroxylation is 1. The van der Waals surface area contributed by atoms with E-state index in [1.54, 1.807) is 12.3 Å². The Kier molecular flexibility index (Phi) is 8.44. The van der Waals surface area contributed by atoms with E-state index in [1.165, 1.54) is 6.07 Å². The van der Waals surface area contributed by atoms with Crippen molar-refractivity contribution in [3.63, 3.8) is 0 Å². The van der Waals surface area contributed by atoms with E-state index in [1.807, 2.05) is 19.1 Å². The molecule has 38 heavy (non-hydrogen) atoms. The van der Waals surface area contributed by atoms with Gasteiger partial charge in [-0.2, -0.15) is 0 Å². The second-order valence-corrected chi connectivity index (χ2v) is 10.6. The van der Waals surface area contributed by atoms with Crippen molar-refractivity contribution < 1.29 is 13.9 Å². The third-order valence-corrected chi connectivity index (χ3v) is 7.07. The molecule has 4 heterocycles. The third-order valence-electron chi connectivity index (χ3n) is 7.07. The molecule has 1 N–H and O–H groups in total. The Morgan fingerprint density at radius 2 is 2.00 bits per heavy atom. The van der Waals surface area contributed by atoms with Crippen LogP contribution in [0, 0.1) is 12.7 Å². The third kappa shape index (κ3) is 6.82. The summed E-state index contributed by atoms with van der Waals surface area (Å²) in [5, 5.41) is 3.51. The summed E-state index contributed by atoms with van der Waals surface area (Å²) in [4.78, 5) is 20.7. The predicted octanol–water partition coefficient (Wildman–Crippen LogP) is 4.42. The van der Waals surface area contributed by atoms with Crippen molar-refractivity contribution in [1.29, 1.82) is 0 Å². The molecule has 0 radical (unpaired) electrons. The quantitative estimate of drug-likeness (QED) is 0.330. The van der Waals surface area contributed by atoms with Crippen LogP contribution in [-0.4, -0.2) is 70.6 Å². The second kappa shape index (κ2) is 12.1. The summed E-state index contributed by atoms with van der Waals surface area (Å²) >= 11 is 0. The molecule has 2 aliphatic rings. The van der Waals surface area contributed by atoms with E-state index in [9.17, 15) is 4.39 Å². The zero-order valence-corrected chi connectivity index (χ0v) is 22.5. The lowest BCUT2D eigenvalue weighted by Crippen LogP contribution is -2.44. The van der Waals surface area contributed by atoms with Gasteiger partial charge in [0.05, 0.1) is 35.9 Å². The van der Waals surface area contributed by atoms with Crippen LogP contribution in [0.4, 0.5) is 4.39 Å². The summed E-state index contributed by atoms with van der Waals surface area (Å²) in [7, 11) is 0. The highest BCUT2D eigenvalue weighted by Crippen LogP contribution is 2.28. The molecular formula is C29H37FN6O2. The maximum Gasteiger partial charge on any atom is 0.213 e. The Bertz CT molecular complexity index is 1270. The smallest absolute Gasteiger partial charge is 0.213 e. The molecule has 202 valence electrons. The van der Waals surface area contributed by atoms with Crippen molar-refractivity contribution in [2.75, 3.05) is 32.8 Å². The lowest BCUT2D eigenvalue weighted by molar-refractivity contribution is -0.0433. The van der Waals surface area contributed by atoms with E-state index in [-0.39, 0.29) is 18.5 Å². The van der Waals surface area contributed by atoms with Crippen molar-refractivity contribution in [3.05, 3.63) is 59.3 Å². The number of nitrogens with zero attached hydrogens (tertiary/aromatic N) is 5. The molecule has 2 aliphatic heterocycles. The molecular weight excluding hydrogens is 483 g/mol. The highest BCUT2D eigenvalue weighted by atomic mass is 19.1. The summed E-state index contributed by atoms with van der Waals surface area (Å²) < 4.78 is 26.0. The number of pyridine rings is 1. The number of likely N-dealkylation sites (tertiary alicyclic amines) is 1. The van der Waals surface area contributed by atoms with Crippen LogP contribution >= 0.6 is 0 Å². The molecule has 8 nitrogen and oxygen atoms in total.